The van der Waals surface area contributed by atoms with Crippen molar-refractivity contribution in [3.8, 4) is 11.4 Å². The molecule has 1 fully saturated rings. The van der Waals surface area contributed by atoms with E-state index in [-0.39, 0.29) is 30.3 Å². The summed E-state index contributed by atoms with van der Waals surface area (Å²) >= 11 is 0. The van der Waals surface area contributed by atoms with E-state index < -0.39 is 6.04 Å². The molecule has 27 heavy (non-hydrogen) atoms. The molecule has 1 aromatic carbocycles. The van der Waals surface area contributed by atoms with Gasteiger partial charge in [-0.1, -0.05) is 44.2 Å². The average molecular weight is 393 g/mol. The summed E-state index contributed by atoms with van der Waals surface area (Å²) in [6.07, 6.45) is 2.07. The lowest BCUT2D eigenvalue weighted by Crippen LogP contribution is -2.48. The molecule has 0 bridgehead atoms. The van der Waals surface area contributed by atoms with E-state index in [0.29, 0.717) is 18.3 Å². The number of tetrazole rings is 1. The van der Waals surface area contributed by atoms with Crippen LogP contribution in [-0.2, 0) is 4.79 Å². The molecule has 3 rings (SSSR count). The van der Waals surface area contributed by atoms with Crippen molar-refractivity contribution in [1.29, 1.82) is 0 Å². The number of hydrogen-bond donors (Lipinski definition) is 1. The SMILES string of the molecule is CC(C)C(C(=O)N1CCCC(C(C)N)C1)n1nnc(-c2ccccc2)n1.Cl. The molecule has 1 aromatic heterocycles. The van der Waals surface area contributed by atoms with Crippen LogP contribution in [0.4, 0.5) is 0 Å². The van der Waals surface area contributed by atoms with Gasteiger partial charge in [-0.3, -0.25) is 4.79 Å². The van der Waals surface area contributed by atoms with Gasteiger partial charge in [0.05, 0.1) is 0 Å². The number of nitrogens with zero attached hydrogens (tertiary/aromatic N) is 5. The Morgan fingerprint density at radius 2 is 1.93 bits per heavy atom. The van der Waals surface area contributed by atoms with Crippen LogP contribution in [0.3, 0.4) is 0 Å². The van der Waals surface area contributed by atoms with Crippen molar-refractivity contribution in [2.75, 3.05) is 13.1 Å². The highest BCUT2D eigenvalue weighted by Gasteiger charge is 2.34. The number of amides is 1. The van der Waals surface area contributed by atoms with Crippen LogP contribution < -0.4 is 5.73 Å². The lowest BCUT2D eigenvalue weighted by atomic mass is 9.91. The van der Waals surface area contributed by atoms with Gasteiger partial charge in [-0.15, -0.1) is 22.6 Å². The molecule has 1 aliphatic heterocycles. The van der Waals surface area contributed by atoms with Crippen molar-refractivity contribution >= 4 is 18.3 Å². The summed E-state index contributed by atoms with van der Waals surface area (Å²) in [6, 6.07) is 9.33. The second-order valence-corrected chi connectivity index (χ2v) is 7.53. The zero-order valence-electron chi connectivity index (χ0n) is 16.2. The van der Waals surface area contributed by atoms with Gasteiger partial charge in [0.1, 0.15) is 0 Å². The smallest absolute Gasteiger partial charge is 0.249 e. The van der Waals surface area contributed by atoms with E-state index in [1.54, 1.807) is 0 Å². The minimum atomic E-state index is -0.452. The molecule has 1 aliphatic rings. The average Bonchev–Trinajstić information content (AvgIpc) is 3.12. The summed E-state index contributed by atoms with van der Waals surface area (Å²) < 4.78 is 0. The van der Waals surface area contributed by atoms with Crippen LogP contribution in [0.25, 0.3) is 11.4 Å². The Labute approximate surface area is 166 Å². The van der Waals surface area contributed by atoms with Crippen LogP contribution in [0.15, 0.2) is 30.3 Å². The second-order valence-electron chi connectivity index (χ2n) is 7.53. The van der Waals surface area contributed by atoms with Crippen LogP contribution >= 0.6 is 12.4 Å². The van der Waals surface area contributed by atoms with Gasteiger partial charge in [-0.2, -0.15) is 4.80 Å². The molecule has 2 N–H and O–H groups in total. The largest absolute Gasteiger partial charge is 0.340 e. The number of rotatable bonds is 5. The van der Waals surface area contributed by atoms with Gasteiger partial charge >= 0.3 is 0 Å². The molecule has 148 valence electrons. The number of aromatic nitrogens is 4. The maximum Gasteiger partial charge on any atom is 0.249 e. The summed E-state index contributed by atoms with van der Waals surface area (Å²) in [5.41, 5.74) is 6.96. The Morgan fingerprint density at radius 3 is 2.56 bits per heavy atom. The number of carbonyl (C=O) groups is 1. The predicted octanol–water partition coefficient (Wildman–Crippen LogP) is 2.54. The molecule has 1 saturated heterocycles. The monoisotopic (exact) mass is 392 g/mol. The van der Waals surface area contributed by atoms with Crippen molar-refractivity contribution in [3.63, 3.8) is 0 Å². The van der Waals surface area contributed by atoms with Crippen molar-refractivity contribution in [2.45, 2.75) is 45.7 Å². The summed E-state index contributed by atoms with van der Waals surface area (Å²) in [5.74, 6) is 1.01. The molecule has 7 nitrogen and oxygen atoms in total. The second kappa shape index (κ2) is 9.28. The first-order valence-electron chi connectivity index (χ1n) is 9.36. The molecule has 3 unspecified atom stereocenters. The van der Waals surface area contributed by atoms with Crippen molar-refractivity contribution in [3.05, 3.63) is 30.3 Å². The van der Waals surface area contributed by atoms with Gasteiger partial charge < -0.3 is 10.6 Å². The first-order valence-corrected chi connectivity index (χ1v) is 9.36. The molecule has 1 amide bonds. The lowest BCUT2D eigenvalue weighted by molar-refractivity contribution is -0.138. The summed E-state index contributed by atoms with van der Waals surface area (Å²) in [7, 11) is 0. The summed E-state index contributed by atoms with van der Waals surface area (Å²) in [6.45, 7) is 7.53. The van der Waals surface area contributed by atoms with E-state index >= 15 is 0 Å². The number of hydrogen-bond acceptors (Lipinski definition) is 5. The van der Waals surface area contributed by atoms with E-state index in [1.165, 1.54) is 4.80 Å². The van der Waals surface area contributed by atoms with Gasteiger partial charge in [-0.05, 0) is 36.8 Å². The van der Waals surface area contributed by atoms with Gasteiger partial charge in [0.15, 0.2) is 6.04 Å². The Bertz CT molecular complexity index is 733. The van der Waals surface area contributed by atoms with Crippen molar-refractivity contribution in [1.82, 2.24) is 25.1 Å². The number of benzene rings is 1. The minimum absolute atomic E-state index is 0. The van der Waals surface area contributed by atoms with E-state index in [2.05, 4.69) is 15.4 Å². The molecular weight excluding hydrogens is 364 g/mol. The van der Waals surface area contributed by atoms with Crippen LogP contribution in [0.5, 0.6) is 0 Å². The number of piperidine rings is 1. The molecule has 8 heteroatoms. The van der Waals surface area contributed by atoms with Crippen molar-refractivity contribution in [2.24, 2.45) is 17.6 Å². The van der Waals surface area contributed by atoms with Crippen LogP contribution in [0, 0.1) is 11.8 Å². The molecule has 2 aromatic rings. The highest BCUT2D eigenvalue weighted by molar-refractivity contribution is 5.85. The number of halogens is 1. The van der Waals surface area contributed by atoms with Crippen LogP contribution in [0.1, 0.15) is 39.7 Å². The zero-order chi connectivity index (χ0) is 18.7. The van der Waals surface area contributed by atoms with Crippen LogP contribution in [-0.4, -0.2) is 50.1 Å². The lowest BCUT2D eigenvalue weighted by Gasteiger charge is -2.36. The van der Waals surface area contributed by atoms with E-state index in [1.807, 2.05) is 56.0 Å². The third kappa shape index (κ3) is 4.84. The quantitative estimate of drug-likeness (QED) is 0.844. The zero-order valence-corrected chi connectivity index (χ0v) is 17.0. The Kier molecular flexibility index (Phi) is 7.33. The highest BCUT2D eigenvalue weighted by atomic mass is 35.5. The fourth-order valence-corrected chi connectivity index (χ4v) is 3.52. The molecule has 3 atom stereocenters. The predicted molar refractivity (Wildman–Crippen MR) is 107 cm³/mol. The summed E-state index contributed by atoms with van der Waals surface area (Å²) in [5, 5.41) is 12.8. The number of nitrogens with two attached hydrogens (primary N) is 1. The van der Waals surface area contributed by atoms with Gasteiger partial charge in [-0.25, -0.2) is 0 Å². The molecule has 0 aliphatic carbocycles. The van der Waals surface area contributed by atoms with E-state index in [4.69, 9.17) is 5.73 Å². The number of carbonyl (C=O) groups excluding carboxylic acids is 1. The van der Waals surface area contributed by atoms with E-state index in [9.17, 15) is 4.79 Å². The van der Waals surface area contributed by atoms with Gasteiger partial charge in [0.25, 0.3) is 0 Å². The fourth-order valence-electron chi connectivity index (χ4n) is 3.52. The van der Waals surface area contributed by atoms with Gasteiger partial charge in [0, 0.05) is 24.7 Å². The Hall–Kier alpha value is -1.99. The van der Waals surface area contributed by atoms with E-state index in [0.717, 1.165) is 24.9 Å². The fraction of sp³-hybridized carbons (Fsp3) is 0.579. The first-order chi connectivity index (χ1) is 12.5. The standard InChI is InChI=1S/C19H28N6O.ClH/c1-13(2)17(19(26)24-11-7-10-16(12-24)14(3)20)25-22-18(21-23-25)15-8-5-4-6-9-15;/h4-6,8-9,13-14,16-17H,7,10-12,20H2,1-3H3;1H. The minimum Gasteiger partial charge on any atom is -0.340 e. The first kappa shape index (κ1) is 21.3. The maximum atomic E-state index is 13.2. The highest BCUT2D eigenvalue weighted by Crippen LogP contribution is 2.25. The van der Waals surface area contributed by atoms with Gasteiger partial charge in [0.2, 0.25) is 11.7 Å². The molecule has 0 spiro atoms. The summed E-state index contributed by atoms with van der Waals surface area (Å²) in [4.78, 5) is 16.6. The molecule has 0 saturated carbocycles. The maximum absolute atomic E-state index is 13.2. The molecule has 0 radical (unpaired) electrons. The topological polar surface area (TPSA) is 89.9 Å². The third-order valence-corrected chi connectivity index (χ3v) is 5.11. The Morgan fingerprint density at radius 1 is 1.22 bits per heavy atom. The Balaban J connectivity index is 0.00000261. The molecule has 2 heterocycles. The number of likely N-dealkylation sites (tertiary alicyclic amines) is 1. The molecular formula is C19H29ClN6O. The van der Waals surface area contributed by atoms with Crippen molar-refractivity contribution < 1.29 is 4.79 Å². The normalized spacial score (nSPS) is 19.4. The van der Waals surface area contributed by atoms with Crippen LogP contribution in [0.2, 0.25) is 0 Å². The third-order valence-electron chi connectivity index (χ3n) is 5.11.